The molecule has 3 rings (SSSR count). The first-order valence-electron chi connectivity index (χ1n) is 10.3. The van der Waals surface area contributed by atoms with Crippen LogP contribution in [0, 0.1) is 0 Å². The van der Waals surface area contributed by atoms with Crippen LogP contribution in [0.15, 0.2) is 53.3 Å². The lowest BCUT2D eigenvalue weighted by Gasteiger charge is -2.08. The Morgan fingerprint density at radius 1 is 0.938 bits per heavy atom. The number of ether oxygens (including phenoxy) is 1. The number of amides is 2. The van der Waals surface area contributed by atoms with Crippen LogP contribution in [0.3, 0.4) is 0 Å². The van der Waals surface area contributed by atoms with E-state index in [1.807, 2.05) is 31.2 Å². The molecule has 168 valence electrons. The van der Waals surface area contributed by atoms with Gasteiger partial charge in [0.1, 0.15) is 6.54 Å². The van der Waals surface area contributed by atoms with E-state index in [1.54, 1.807) is 33.4 Å². The zero-order valence-electron chi connectivity index (χ0n) is 18.1. The highest BCUT2D eigenvalue weighted by molar-refractivity contribution is 5.91. The van der Waals surface area contributed by atoms with Crippen molar-refractivity contribution in [3.8, 4) is 0 Å². The molecule has 0 saturated carbocycles. The number of carbonyl (C=O) groups is 3. The highest BCUT2D eigenvalue weighted by atomic mass is 16.5. The predicted octanol–water partition coefficient (Wildman–Crippen LogP) is 1.68. The van der Waals surface area contributed by atoms with Gasteiger partial charge < -0.3 is 15.4 Å². The maximum Gasteiger partial charge on any atom is 0.329 e. The lowest BCUT2D eigenvalue weighted by atomic mass is 10.1. The number of anilines is 1. The number of rotatable bonds is 9. The number of aromatic nitrogens is 2. The summed E-state index contributed by atoms with van der Waals surface area (Å²) >= 11 is 0. The maximum atomic E-state index is 12.7. The molecule has 32 heavy (non-hydrogen) atoms. The van der Waals surface area contributed by atoms with Crippen molar-refractivity contribution in [1.82, 2.24) is 14.5 Å². The molecule has 0 aliphatic heterocycles. The average molecular weight is 438 g/mol. The zero-order valence-corrected chi connectivity index (χ0v) is 18.1. The third-order valence-electron chi connectivity index (χ3n) is 5.06. The normalized spacial score (nSPS) is 10.7. The van der Waals surface area contributed by atoms with Crippen molar-refractivity contribution >= 4 is 34.5 Å². The summed E-state index contributed by atoms with van der Waals surface area (Å²) < 4.78 is 7.78. The molecule has 9 heteroatoms. The Bertz CT molecular complexity index is 1180. The molecular weight excluding hydrogens is 412 g/mol. The molecule has 0 aliphatic rings. The SMILES string of the molecule is CCn1c(=O)n(CCC(=O)Nc2ccc(CC(=O)NCC(=O)OC)cc2)c2ccccc21. The van der Waals surface area contributed by atoms with E-state index in [0.29, 0.717) is 12.2 Å². The number of carbonyl (C=O) groups excluding carboxylic acids is 3. The second kappa shape index (κ2) is 10.4. The Morgan fingerprint density at radius 3 is 2.22 bits per heavy atom. The van der Waals surface area contributed by atoms with Crippen LogP contribution in [-0.4, -0.2) is 40.6 Å². The van der Waals surface area contributed by atoms with Gasteiger partial charge in [0.15, 0.2) is 0 Å². The molecule has 2 aromatic carbocycles. The molecule has 1 heterocycles. The minimum atomic E-state index is -0.516. The molecule has 0 unspecified atom stereocenters. The third kappa shape index (κ3) is 5.42. The van der Waals surface area contributed by atoms with Gasteiger partial charge in [0.05, 0.1) is 24.6 Å². The molecule has 0 aliphatic carbocycles. The third-order valence-corrected chi connectivity index (χ3v) is 5.06. The van der Waals surface area contributed by atoms with Crippen LogP contribution >= 0.6 is 0 Å². The Kier molecular flexibility index (Phi) is 7.43. The monoisotopic (exact) mass is 438 g/mol. The van der Waals surface area contributed by atoms with Crippen LogP contribution in [0.1, 0.15) is 18.9 Å². The first-order chi connectivity index (χ1) is 15.4. The molecule has 2 N–H and O–H groups in total. The number of aryl methyl sites for hydroxylation is 2. The van der Waals surface area contributed by atoms with Crippen molar-refractivity contribution in [3.63, 3.8) is 0 Å². The van der Waals surface area contributed by atoms with Crippen LogP contribution in [0.25, 0.3) is 11.0 Å². The van der Waals surface area contributed by atoms with E-state index in [9.17, 15) is 19.2 Å². The highest BCUT2D eigenvalue weighted by Crippen LogP contribution is 2.14. The minimum absolute atomic E-state index is 0.107. The minimum Gasteiger partial charge on any atom is -0.468 e. The Morgan fingerprint density at radius 2 is 1.59 bits per heavy atom. The molecule has 9 nitrogen and oxygen atoms in total. The van der Waals surface area contributed by atoms with Gasteiger partial charge in [0, 0.05) is 25.2 Å². The Labute approximate surface area is 185 Å². The summed E-state index contributed by atoms with van der Waals surface area (Å²) in [5, 5.41) is 5.28. The number of fused-ring (bicyclic) bond motifs is 1. The fourth-order valence-corrected chi connectivity index (χ4v) is 3.43. The van der Waals surface area contributed by atoms with Gasteiger partial charge in [-0.3, -0.25) is 23.5 Å². The lowest BCUT2D eigenvalue weighted by molar-refractivity contribution is -0.141. The Balaban J connectivity index is 1.55. The summed E-state index contributed by atoms with van der Waals surface area (Å²) in [6.45, 7) is 2.57. The molecule has 0 bridgehead atoms. The maximum absolute atomic E-state index is 12.7. The van der Waals surface area contributed by atoms with Crippen LogP contribution in [0.4, 0.5) is 5.69 Å². The molecule has 0 atom stereocenters. The van der Waals surface area contributed by atoms with Crippen molar-refractivity contribution < 1.29 is 19.1 Å². The standard InChI is InChI=1S/C23H26N4O5/c1-3-26-18-6-4-5-7-19(18)27(23(26)31)13-12-20(28)25-17-10-8-16(9-11-17)14-21(29)24-15-22(30)32-2/h4-11H,3,12-15H2,1-2H3,(H,24,29)(H,25,28). The number of methoxy groups -OCH3 is 1. The van der Waals surface area contributed by atoms with Gasteiger partial charge in [-0.2, -0.15) is 0 Å². The first-order valence-corrected chi connectivity index (χ1v) is 10.3. The van der Waals surface area contributed by atoms with Crippen LogP contribution in [0.2, 0.25) is 0 Å². The average Bonchev–Trinajstić information content (AvgIpc) is 3.07. The molecule has 2 amide bonds. The number of imidazole rings is 1. The van der Waals surface area contributed by atoms with Crippen molar-refractivity contribution in [1.29, 1.82) is 0 Å². The fourth-order valence-electron chi connectivity index (χ4n) is 3.43. The van der Waals surface area contributed by atoms with E-state index < -0.39 is 5.97 Å². The smallest absolute Gasteiger partial charge is 0.329 e. The summed E-state index contributed by atoms with van der Waals surface area (Å²) in [7, 11) is 1.25. The van der Waals surface area contributed by atoms with E-state index in [-0.39, 0.29) is 43.4 Å². The van der Waals surface area contributed by atoms with E-state index >= 15 is 0 Å². The van der Waals surface area contributed by atoms with E-state index in [4.69, 9.17) is 0 Å². The lowest BCUT2D eigenvalue weighted by Crippen LogP contribution is -2.31. The van der Waals surface area contributed by atoms with Crippen molar-refractivity contribution in [2.24, 2.45) is 0 Å². The molecule has 0 spiro atoms. The molecular formula is C23H26N4O5. The van der Waals surface area contributed by atoms with Gasteiger partial charge in [-0.05, 0) is 36.8 Å². The van der Waals surface area contributed by atoms with Gasteiger partial charge >= 0.3 is 11.7 Å². The Hall–Kier alpha value is -3.88. The van der Waals surface area contributed by atoms with Crippen LogP contribution < -0.4 is 16.3 Å². The summed E-state index contributed by atoms with van der Waals surface area (Å²) in [5.74, 6) is -1.03. The topological polar surface area (TPSA) is 111 Å². The van der Waals surface area contributed by atoms with Crippen LogP contribution in [0.5, 0.6) is 0 Å². The second-order valence-electron chi connectivity index (χ2n) is 7.19. The summed E-state index contributed by atoms with van der Waals surface area (Å²) in [5.41, 5.74) is 2.87. The largest absolute Gasteiger partial charge is 0.468 e. The van der Waals surface area contributed by atoms with Crippen molar-refractivity contribution in [2.75, 3.05) is 19.0 Å². The zero-order chi connectivity index (χ0) is 23.1. The summed E-state index contributed by atoms with van der Waals surface area (Å²) in [6.07, 6.45) is 0.255. The number of hydrogen-bond acceptors (Lipinski definition) is 5. The fraction of sp³-hybridized carbons (Fsp3) is 0.304. The number of benzene rings is 2. The highest BCUT2D eigenvalue weighted by Gasteiger charge is 2.13. The van der Waals surface area contributed by atoms with Crippen molar-refractivity contribution in [3.05, 3.63) is 64.6 Å². The summed E-state index contributed by atoms with van der Waals surface area (Å²) in [6, 6.07) is 14.4. The van der Waals surface area contributed by atoms with Gasteiger partial charge in [-0.25, -0.2) is 4.79 Å². The van der Waals surface area contributed by atoms with Gasteiger partial charge in [-0.15, -0.1) is 0 Å². The first kappa shape index (κ1) is 22.8. The van der Waals surface area contributed by atoms with Gasteiger partial charge in [0.2, 0.25) is 11.8 Å². The van der Waals surface area contributed by atoms with Crippen molar-refractivity contribution in [2.45, 2.75) is 32.9 Å². The number of nitrogens with zero attached hydrogens (tertiary/aromatic N) is 2. The quantitative estimate of drug-likeness (QED) is 0.494. The number of nitrogens with one attached hydrogen (secondary N) is 2. The predicted molar refractivity (Wildman–Crippen MR) is 120 cm³/mol. The van der Waals surface area contributed by atoms with E-state index in [1.165, 1.54) is 7.11 Å². The van der Waals surface area contributed by atoms with Gasteiger partial charge in [0.25, 0.3) is 0 Å². The molecule has 1 aromatic heterocycles. The molecule has 3 aromatic rings. The molecule has 0 radical (unpaired) electrons. The molecule has 0 fully saturated rings. The summed E-state index contributed by atoms with van der Waals surface area (Å²) in [4.78, 5) is 48.0. The van der Waals surface area contributed by atoms with E-state index in [2.05, 4.69) is 15.4 Å². The van der Waals surface area contributed by atoms with Gasteiger partial charge in [-0.1, -0.05) is 24.3 Å². The second-order valence-corrected chi connectivity index (χ2v) is 7.19. The van der Waals surface area contributed by atoms with Crippen LogP contribution in [-0.2, 0) is 38.6 Å². The number of esters is 1. The number of hydrogen-bond donors (Lipinski definition) is 2. The number of para-hydroxylation sites is 2. The van der Waals surface area contributed by atoms with E-state index in [0.717, 1.165) is 16.6 Å². The molecule has 0 saturated heterocycles.